The van der Waals surface area contributed by atoms with Gasteiger partial charge < -0.3 is 4.57 Å². The van der Waals surface area contributed by atoms with Crippen LogP contribution in [-0.2, 0) is 13.1 Å². The van der Waals surface area contributed by atoms with E-state index < -0.39 is 0 Å². The Balaban J connectivity index is 1.48. The molecule has 0 aromatic carbocycles. The minimum atomic E-state index is 0.118. The van der Waals surface area contributed by atoms with E-state index in [1.807, 2.05) is 34.6 Å². The zero-order chi connectivity index (χ0) is 17.5. The lowest BCUT2D eigenvalue weighted by Crippen LogP contribution is -2.46. The summed E-state index contributed by atoms with van der Waals surface area (Å²) >= 11 is 1.72. The second-order valence-corrected chi connectivity index (χ2v) is 8.29. The molecular formula is C20H20N4OS. The van der Waals surface area contributed by atoms with Crippen LogP contribution in [0.1, 0.15) is 22.9 Å². The highest BCUT2D eigenvalue weighted by atomic mass is 32.1. The molecule has 0 saturated carbocycles. The monoisotopic (exact) mass is 364 g/mol. The molecule has 3 aromatic heterocycles. The van der Waals surface area contributed by atoms with Gasteiger partial charge in [0, 0.05) is 72.9 Å². The van der Waals surface area contributed by atoms with Crippen molar-refractivity contribution >= 4 is 11.3 Å². The molecule has 132 valence electrons. The van der Waals surface area contributed by atoms with Crippen molar-refractivity contribution < 1.29 is 0 Å². The first kappa shape index (κ1) is 15.9. The molecule has 0 amide bonds. The third-order valence-corrected chi connectivity index (χ3v) is 6.25. The fourth-order valence-electron chi connectivity index (χ4n) is 4.43. The number of aromatic nitrogens is 3. The molecule has 1 fully saturated rings. The molecule has 1 saturated heterocycles. The predicted molar refractivity (Wildman–Crippen MR) is 102 cm³/mol. The van der Waals surface area contributed by atoms with Crippen molar-refractivity contribution in [3.05, 3.63) is 69.3 Å². The highest BCUT2D eigenvalue weighted by Crippen LogP contribution is 2.37. The van der Waals surface area contributed by atoms with Gasteiger partial charge in [-0.3, -0.25) is 19.7 Å². The molecular weight excluding hydrogens is 344 g/mol. The molecule has 2 aliphatic heterocycles. The number of rotatable bonds is 3. The van der Waals surface area contributed by atoms with Crippen molar-refractivity contribution in [3.8, 4) is 11.1 Å². The maximum atomic E-state index is 12.7. The van der Waals surface area contributed by atoms with E-state index >= 15 is 0 Å². The number of fused-ring (bicyclic) bond motifs is 4. The maximum Gasteiger partial charge on any atom is 0.251 e. The molecule has 3 aromatic rings. The molecule has 2 bridgehead atoms. The van der Waals surface area contributed by atoms with Gasteiger partial charge in [-0.1, -0.05) is 6.07 Å². The van der Waals surface area contributed by atoms with Crippen LogP contribution >= 0.6 is 11.3 Å². The van der Waals surface area contributed by atoms with Crippen LogP contribution in [0.15, 0.2) is 53.2 Å². The fraction of sp³-hybridized carbons (Fsp3) is 0.350. The summed E-state index contributed by atoms with van der Waals surface area (Å²) in [6, 6.07) is 7.90. The van der Waals surface area contributed by atoms with Crippen molar-refractivity contribution in [2.24, 2.45) is 5.92 Å². The number of piperidine rings is 1. The van der Waals surface area contributed by atoms with E-state index in [2.05, 4.69) is 20.9 Å². The third kappa shape index (κ3) is 2.89. The average Bonchev–Trinajstić information content (AvgIpc) is 3.16. The molecule has 5 nitrogen and oxygen atoms in total. The van der Waals surface area contributed by atoms with Crippen LogP contribution in [0.5, 0.6) is 0 Å². The molecule has 2 aliphatic rings. The second kappa shape index (κ2) is 6.45. The summed E-state index contributed by atoms with van der Waals surface area (Å²) in [5.74, 6) is 0.968. The zero-order valence-corrected chi connectivity index (χ0v) is 15.2. The van der Waals surface area contributed by atoms with Crippen molar-refractivity contribution in [3.63, 3.8) is 0 Å². The summed E-state index contributed by atoms with van der Waals surface area (Å²) in [4.78, 5) is 25.0. The molecule has 0 unspecified atom stereocenters. The molecule has 5 heterocycles. The zero-order valence-electron chi connectivity index (χ0n) is 14.4. The van der Waals surface area contributed by atoms with E-state index in [1.165, 1.54) is 17.0 Å². The molecule has 2 atom stereocenters. The Morgan fingerprint density at radius 2 is 2.08 bits per heavy atom. The smallest absolute Gasteiger partial charge is 0.251 e. The molecule has 26 heavy (non-hydrogen) atoms. The van der Waals surface area contributed by atoms with Gasteiger partial charge in [-0.15, -0.1) is 11.3 Å². The van der Waals surface area contributed by atoms with Gasteiger partial charge in [-0.05, 0) is 30.0 Å². The summed E-state index contributed by atoms with van der Waals surface area (Å²) in [5.41, 5.74) is 5.18. The largest absolute Gasteiger partial charge is 0.312 e. The van der Waals surface area contributed by atoms with Crippen LogP contribution in [0, 0.1) is 5.92 Å². The Kier molecular flexibility index (Phi) is 3.94. The van der Waals surface area contributed by atoms with Crippen LogP contribution in [-0.4, -0.2) is 32.5 Å². The van der Waals surface area contributed by atoms with Crippen LogP contribution < -0.4 is 5.56 Å². The molecule has 6 heteroatoms. The molecule has 0 aliphatic carbocycles. The average molecular weight is 364 g/mol. The summed E-state index contributed by atoms with van der Waals surface area (Å²) in [6.45, 7) is 3.86. The highest BCUT2D eigenvalue weighted by molar-refractivity contribution is 7.09. The molecule has 0 radical (unpaired) electrons. The Bertz CT molecular complexity index is 967. The van der Waals surface area contributed by atoms with Gasteiger partial charge in [-0.2, -0.15) is 0 Å². The highest BCUT2D eigenvalue weighted by Gasteiger charge is 2.34. The number of hydrogen-bond donors (Lipinski definition) is 0. The van der Waals surface area contributed by atoms with Crippen LogP contribution in [0.4, 0.5) is 0 Å². The number of thiazole rings is 1. The normalized spacial score (nSPS) is 22.2. The summed E-state index contributed by atoms with van der Waals surface area (Å²) in [7, 11) is 0. The lowest BCUT2D eigenvalue weighted by molar-refractivity contribution is 0.115. The Morgan fingerprint density at radius 1 is 1.12 bits per heavy atom. The van der Waals surface area contributed by atoms with Gasteiger partial charge in [0.05, 0.1) is 5.51 Å². The van der Waals surface area contributed by atoms with Crippen molar-refractivity contribution in [1.82, 2.24) is 19.4 Å². The van der Waals surface area contributed by atoms with E-state index in [0.29, 0.717) is 11.8 Å². The van der Waals surface area contributed by atoms with Gasteiger partial charge in [0.2, 0.25) is 0 Å². The van der Waals surface area contributed by atoms with E-state index in [-0.39, 0.29) is 5.56 Å². The van der Waals surface area contributed by atoms with Gasteiger partial charge >= 0.3 is 0 Å². The third-order valence-electron chi connectivity index (χ3n) is 5.49. The number of nitrogens with zero attached hydrogens (tertiary/aromatic N) is 4. The van der Waals surface area contributed by atoms with Crippen LogP contribution in [0.3, 0.4) is 0 Å². The first-order valence-electron chi connectivity index (χ1n) is 9.01. The topological polar surface area (TPSA) is 51.0 Å². The first-order valence-corrected chi connectivity index (χ1v) is 9.89. The standard InChI is InChI=1S/C20H20N4OS/c25-20-6-16(15-2-1-3-21-7-15)5-19-17-4-14(10-24(19)20)9-23(11-17)12-18-8-22-13-26-18/h1-3,5-8,13-14,17H,4,9-12H2/t14-,17+/m0/s1. The lowest BCUT2D eigenvalue weighted by Gasteiger charge is -2.42. The Morgan fingerprint density at radius 3 is 2.88 bits per heavy atom. The van der Waals surface area contributed by atoms with Gasteiger partial charge in [0.1, 0.15) is 0 Å². The predicted octanol–water partition coefficient (Wildman–Crippen LogP) is 2.99. The van der Waals surface area contributed by atoms with E-state index in [9.17, 15) is 4.79 Å². The van der Waals surface area contributed by atoms with Crippen molar-refractivity contribution in [2.45, 2.75) is 25.4 Å². The minimum Gasteiger partial charge on any atom is -0.312 e. The molecule has 5 rings (SSSR count). The molecule has 0 N–H and O–H groups in total. The number of pyridine rings is 2. The fourth-order valence-corrected chi connectivity index (χ4v) is 5.06. The minimum absolute atomic E-state index is 0.118. The van der Waals surface area contributed by atoms with Crippen molar-refractivity contribution in [2.75, 3.05) is 13.1 Å². The summed E-state index contributed by atoms with van der Waals surface area (Å²) < 4.78 is 2.00. The van der Waals surface area contributed by atoms with E-state index in [1.54, 1.807) is 23.6 Å². The maximum absolute atomic E-state index is 12.7. The Hall–Kier alpha value is -2.31. The van der Waals surface area contributed by atoms with Crippen molar-refractivity contribution in [1.29, 1.82) is 0 Å². The first-order chi connectivity index (χ1) is 12.8. The number of hydrogen-bond acceptors (Lipinski definition) is 5. The van der Waals surface area contributed by atoms with E-state index in [4.69, 9.17) is 0 Å². The summed E-state index contributed by atoms with van der Waals surface area (Å²) in [5, 5.41) is 0. The molecule has 0 spiro atoms. The quantitative estimate of drug-likeness (QED) is 0.717. The van der Waals surface area contributed by atoms with E-state index in [0.717, 1.165) is 37.3 Å². The summed E-state index contributed by atoms with van der Waals surface area (Å²) in [6.07, 6.45) is 6.73. The number of likely N-dealkylation sites (tertiary alicyclic amines) is 1. The van der Waals surface area contributed by atoms with Crippen LogP contribution in [0.2, 0.25) is 0 Å². The van der Waals surface area contributed by atoms with Gasteiger partial charge in [0.25, 0.3) is 5.56 Å². The van der Waals surface area contributed by atoms with Gasteiger partial charge in [-0.25, -0.2) is 0 Å². The van der Waals surface area contributed by atoms with Crippen LogP contribution in [0.25, 0.3) is 11.1 Å². The second-order valence-electron chi connectivity index (χ2n) is 7.32. The SMILES string of the molecule is O=c1cc(-c2cccnc2)cc2n1C[C@H]1C[C@@H]2CN(Cc2cncs2)C1. The Labute approximate surface area is 156 Å². The lowest BCUT2D eigenvalue weighted by atomic mass is 9.82. The van der Waals surface area contributed by atoms with Gasteiger partial charge in [0.15, 0.2) is 0 Å².